The highest BCUT2D eigenvalue weighted by Crippen LogP contribution is 2.19. The minimum Gasteiger partial charge on any atom is -0.341 e. The maximum Gasteiger partial charge on any atom is 0.229 e. The molecule has 2 atom stereocenters. The number of nitrogens with two attached hydrogens (primary N) is 1. The average Bonchev–Trinajstić information content (AvgIpc) is 2.75. The van der Waals surface area contributed by atoms with Gasteiger partial charge >= 0.3 is 0 Å². The highest BCUT2D eigenvalue weighted by Gasteiger charge is 2.25. The zero-order valence-electron chi connectivity index (χ0n) is 11.0. The van der Waals surface area contributed by atoms with E-state index in [9.17, 15) is 4.79 Å². The molecular formula is C15H20N2O. The van der Waals surface area contributed by atoms with Crippen molar-refractivity contribution in [2.24, 2.45) is 11.7 Å². The fraction of sp³-hybridized carbons (Fsp3) is 0.400. The molecule has 3 nitrogen and oxygen atoms in total. The molecule has 1 aliphatic rings. The Morgan fingerprint density at radius 3 is 2.83 bits per heavy atom. The Labute approximate surface area is 108 Å². The van der Waals surface area contributed by atoms with Crippen molar-refractivity contribution >= 4 is 5.91 Å². The highest BCUT2D eigenvalue weighted by molar-refractivity contribution is 5.81. The van der Waals surface area contributed by atoms with Crippen molar-refractivity contribution in [3.8, 4) is 0 Å². The molecule has 2 unspecified atom stereocenters. The standard InChI is InChI=1S/C15H20N2O/c1-11-4-3-5-12(8-11)10-17(2)15(18)13-6-7-14(16)9-13/h3-8,13-14H,9-10,16H2,1-2H3. The van der Waals surface area contributed by atoms with E-state index in [1.807, 2.05) is 31.3 Å². The van der Waals surface area contributed by atoms with Crippen LogP contribution in [0.3, 0.4) is 0 Å². The largest absolute Gasteiger partial charge is 0.341 e. The molecule has 2 rings (SSSR count). The van der Waals surface area contributed by atoms with Crippen LogP contribution in [-0.2, 0) is 11.3 Å². The number of carbonyl (C=O) groups is 1. The van der Waals surface area contributed by atoms with Crippen LogP contribution < -0.4 is 5.73 Å². The Bertz CT molecular complexity index is 467. The lowest BCUT2D eigenvalue weighted by Gasteiger charge is -2.21. The van der Waals surface area contributed by atoms with Gasteiger partial charge in [0.25, 0.3) is 0 Å². The van der Waals surface area contributed by atoms with Crippen molar-refractivity contribution in [1.82, 2.24) is 4.90 Å². The van der Waals surface area contributed by atoms with Crippen LogP contribution in [0.2, 0.25) is 0 Å². The number of nitrogens with zero attached hydrogens (tertiary/aromatic N) is 1. The number of carbonyl (C=O) groups excluding carboxylic acids is 1. The Morgan fingerprint density at radius 1 is 1.44 bits per heavy atom. The normalized spacial score (nSPS) is 22.2. The van der Waals surface area contributed by atoms with Gasteiger partial charge in [-0.25, -0.2) is 0 Å². The molecule has 0 fully saturated rings. The lowest BCUT2D eigenvalue weighted by molar-refractivity contribution is -0.133. The molecular weight excluding hydrogens is 224 g/mol. The van der Waals surface area contributed by atoms with Crippen LogP contribution in [0.25, 0.3) is 0 Å². The van der Waals surface area contributed by atoms with Crippen LogP contribution in [0.4, 0.5) is 0 Å². The maximum atomic E-state index is 12.2. The van der Waals surface area contributed by atoms with Gasteiger partial charge in [0.05, 0.1) is 5.92 Å². The van der Waals surface area contributed by atoms with E-state index in [1.54, 1.807) is 4.90 Å². The predicted molar refractivity (Wildman–Crippen MR) is 72.9 cm³/mol. The fourth-order valence-electron chi connectivity index (χ4n) is 2.36. The Kier molecular flexibility index (Phi) is 3.82. The Morgan fingerprint density at radius 2 is 2.22 bits per heavy atom. The van der Waals surface area contributed by atoms with E-state index in [4.69, 9.17) is 5.73 Å². The summed E-state index contributed by atoms with van der Waals surface area (Å²) in [6, 6.07) is 8.28. The van der Waals surface area contributed by atoms with Gasteiger partial charge in [0.1, 0.15) is 0 Å². The SMILES string of the molecule is Cc1cccc(CN(C)C(=O)C2C=CC(N)C2)c1. The summed E-state index contributed by atoms with van der Waals surface area (Å²) < 4.78 is 0. The summed E-state index contributed by atoms with van der Waals surface area (Å²) in [5, 5.41) is 0. The fourth-order valence-corrected chi connectivity index (χ4v) is 2.36. The van der Waals surface area contributed by atoms with Crippen LogP contribution in [0.15, 0.2) is 36.4 Å². The van der Waals surface area contributed by atoms with Gasteiger partial charge in [-0.2, -0.15) is 0 Å². The van der Waals surface area contributed by atoms with Crippen molar-refractivity contribution in [3.05, 3.63) is 47.5 Å². The van der Waals surface area contributed by atoms with Crippen LogP contribution >= 0.6 is 0 Å². The van der Waals surface area contributed by atoms with E-state index >= 15 is 0 Å². The van der Waals surface area contributed by atoms with E-state index < -0.39 is 0 Å². The first-order chi connectivity index (χ1) is 8.56. The van der Waals surface area contributed by atoms with Gasteiger partial charge in [-0.05, 0) is 18.9 Å². The number of rotatable bonds is 3. The van der Waals surface area contributed by atoms with Crippen LogP contribution in [0, 0.1) is 12.8 Å². The zero-order valence-corrected chi connectivity index (χ0v) is 11.0. The van der Waals surface area contributed by atoms with Crippen LogP contribution in [-0.4, -0.2) is 23.9 Å². The second-order valence-corrected chi connectivity index (χ2v) is 5.07. The van der Waals surface area contributed by atoms with Gasteiger partial charge < -0.3 is 10.6 Å². The molecule has 1 amide bonds. The number of amides is 1. The second kappa shape index (κ2) is 5.36. The molecule has 1 aliphatic carbocycles. The topological polar surface area (TPSA) is 46.3 Å². The van der Waals surface area contributed by atoms with E-state index in [1.165, 1.54) is 5.56 Å². The molecule has 2 N–H and O–H groups in total. The Hall–Kier alpha value is -1.61. The molecule has 0 aromatic heterocycles. The van der Waals surface area contributed by atoms with Gasteiger partial charge in [0.2, 0.25) is 5.91 Å². The van der Waals surface area contributed by atoms with Gasteiger partial charge in [0.15, 0.2) is 0 Å². The lowest BCUT2D eigenvalue weighted by Crippen LogP contribution is -2.32. The molecule has 0 spiro atoms. The van der Waals surface area contributed by atoms with Crippen molar-refractivity contribution in [2.45, 2.75) is 25.9 Å². The first kappa shape index (κ1) is 12.8. The summed E-state index contributed by atoms with van der Waals surface area (Å²) >= 11 is 0. The smallest absolute Gasteiger partial charge is 0.229 e. The van der Waals surface area contributed by atoms with Gasteiger partial charge in [0, 0.05) is 19.6 Å². The lowest BCUT2D eigenvalue weighted by atomic mass is 10.1. The van der Waals surface area contributed by atoms with Gasteiger partial charge in [-0.15, -0.1) is 0 Å². The van der Waals surface area contributed by atoms with Crippen molar-refractivity contribution in [1.29, 1.82) is 0 Å². The molecule has 1 aromatic rings. The summed E-state index contributed by atoms with van der Waals surface area (Å²) in [5.74, 6) is 0.107. The number of hydrogen-bond acceptors (Lipinski definition) is 2. The monoisotopic (exact) mass is 244 g/mol. The molecule has 3 heteroatoms. The minimum absolute atomic E-state index is 0.0336. The minimum atomic E-state index is -0.0465. The summed E-state index contributed by atoms with van der Waals surface area (Å²) in [4.78, 5) is 14.0. The maximum absolute atomic E-state index is 12.2. The van der Waals surface area contributed by atoms with Crippen molar-refractivity contribution in [2.75, 3.05) is 7.05 Å². The zero-order chi connectivity index (χ0) is 13.1. The molecule has 0 saturated carbocycles. The predicted octanol–water partition coefficient (Wildman–Crippen LogP) is 1.86. The molecule has 0 radical (unpaired) electrons. The van der Waals surface area contributed by atoms with Crippen molar-refractivity contribution < 1.29 is 4.79 Å². The van der Waals surface area contributed by atoms with Gasteiger partial charge in [-0.3, -0.25) is 4.79 Å². The van der Waals surface area contributed by atoms with E-state index in [0.717, 1.165) is 12.0 Å². The third kappa shape index (κ3) is 2.99. The molecule has 18 heavy (non-hydrogen) atoms. The van der Waals surface area contributed by atoms with E-state index in [2.05, 4.69) is 19.1 Å². The third-order valence-corrected chi connectivity index (χ3v) is 3.31. The van der Waals surface area contributed by atoms with Crippen molar-refractivity contribution in [3.63, 3.8) is 0 Å². The van der Waals surface area contributed by atoms with E-state index in [-0.39, 0.29) is 17.9 Å². The first-order valence-electron chi connectivity index (χ1n) is 6.30. The van der Waals surface area contributed by atoms with Crippen LogP contribution in [0.1, 0.15) is 17.5 Å². The number of hydrogen-bond donors (Lipinski definition) is 1. The number of benzene rings is 1. The molecule has 0 bridgehead atoms. The molecule has 0 saturated heterocycles. The summed E-state index contributed by atoms with van der Waals surface area (Å²) in [7, 11) is 1.85. The molecule has 1 aromatic carbocycles. The third-order valence-electron chi connectivity index (χ3n) is 3.31. The first-order valence-corrected chi connectivity index (χ1v) is 6.30. The summed E-state index contributed by atoms with van der Waals surface area (Å²) in [6.07, 6.45) is 4.58. The second-order valence-electron chi connectivity index (χ2n) is 5.07. The quantitative estimate of drug-likeness (QED) is 0.825. The average molecular weight is 244 g/mol. The molecule has 0 aliphatic heterocycles. The van der Waals surface area contributed by atoms with Crippen LogP contribution in [0.5, 0.6) is 0 Å². The summed E-state index contributed by atoms with van der Waals surface area (Å²) in [6.45, 7) is 2.71. The summed E-state index contributed by atoms with van der Waals surface area (Å²) in [5.41, 5.74) is 8.16. The highest BCUT2D eigenvalue weighted by atomic mass is 16.2. The van der Waals surface area contributed by atoms with Gasteiger partial charge in [-0.1, -0.05) is 42.0 Å². The molecule has 0 heterocycles. The Balaban J connectivity index is 1.97. The van der Waals surface area contributed by atoms with E-state index in [0.29, 0.717) is 6.54 Å². The number of aryl methyl sites for hydroxylation is 1. The molecule has 96 valence electrons.